The molecular formula is C24H16F3N3O2. The molecule has 0 fully saturated rings. The first kappa shape index (κ1) is 21.0. The van der Waals surface area contributed by atoms with E-state index in [1.54, 1.807) is 0 Å². The Morgan fingerprint density at radius 2 is 1.41 bits per heavy atom. The molecule has 4 aromatic rings. The molecule has 5 nitrogen and oxygen atoms in total. The molecule has 2 amide bonds. The Hall–Kier alpha value is -4.20. The van der Waals surface area contributed by atoms with E-state index in [2.05, 4.69) is 15.8 Å². The number of hydrazone groups is 1. The molecule has 0 saturated carbocycles. The lowest BCUT2D eigenvalue weighted by atomic mass is 9.97. The van der Waals surface area contributed by atoms with Gasteiger partial charge in [0.05, 0.1) is 11.8 Å². The minimum Gasteiger partial charge on any atom is -0.318 e. The van der Waals surface area contributed by atoms with Crippen molar-refractivity contribution in [2.75, 3.05) is 5.32 Å². The number of hydrogen-bond donors (Lipinski definition) is 2. The van der Waals surface area contributed by atoms with Crippen molar-refractivity contribution in [2.24, 2.45) is 5.10 Å². The number of nitrogens with zero attached hydrogens (tertiary/aromatic N) is 1. The van der Waals surface area contributed by atoms with Gasteiger partial charge < -0.3 is 5.32 Å². The highest BCUT2D eigenvalue weighted by Crippen LogP contribution is 2.30. The van der Waals surface area contributed by atoms with Gasteiger partial charge in [0.25, 0.3) is 0 Å². The van der Waals surface area contributed by atoms with Crippen molar-refractivity contribution in [1.29, 1.82) is 0 Å². The predicted molar refractivity (Wildman–Crippen MR) is 117 cm³/mol. The fraction of sp³-hybridized carbons (Fsp3) is 0.0417. The van der Waals surface area contributed by atoms with Crippen LogP contribution in [0.1, 0.15) is 11.1 Å². The molecule has 4 rings (SSSR count). The van der Waals surface area contributed by atoms with Crippen molar-refractivity contribution in [3.8, 4) is 0 Å². The van der Waals surface area contributed by atoms with Crippen LogP contribution in [-0.4, -0.2) is 18.0 Å². The molecule has 0 unspecified atom stereocenters. The third kappa shape index (κ3) is 4.44. The zero-order valence-corrected chi connectivity index (χ0v) is 16.5. The first-order valence-corrected chi connectivity index (χ1v) is 9.55. The molecule has 4 aromatic carbocycles. The summed E-state index contributed by atoms with van der Waals surface area (Å²) in [5.74, 6) is -2.24. The largest absolute Gasteiger partial charge is 0.416 e. The van der Waals surface area contributed by atoms with Crippen LogP contribution in [0, 0.1) is 0 Å². The van der Waals surface area contributed by atoms with Gasteiger partial charge in [-0.05, 0) is 45.8 Å². The number of fused-ring (bicyclic) bond motifs is 2. The lowest BCUT2D eigenvalue weighted by molar-refractivity contribution is -0.137. The highest BCUT2D eigenvalue weighted by atomic mass is 19.4. The number of halogens is 3. The number of anilines is 1. The van der Waals surface area contributed by atoms with E-state index in [0.29, 0.717) is 0 Å². The summed E-state index contributed by atoms with van der Waals surface area (Å²) in [5.41, 5.74) is 1.80. The third-order valence-corrected chi connectivity index (χ3v) is 4.83. The molecule has 0 bridgehead atoms. The molecule has 0 aliphatic heterocycles. The number of hydrogen-bond acceptors (Lipinski definition) is 3. The predicted octanol–water partition coefficient (Wildman–Crippen LogP) is 5.10. The van der Waals surface area contributed by atoms with E-state index in [9.17, 15) is 22.8 Å². The summed E-state index contributed by atoms with van der Waals surface area (Å²) in [6.45, 7) is 0. The molecule has 8 heteroatoms. The molecule has 0 aromatic heterocycles. The second-order valence-corrected chi connectivity index (χ2v) is 6.96. The van der Waals surface area contributed by atoms with Crippen molar-refractivity contribution in [3.05, 3.63) is 90.0 Å². The van der Waals surface area contributed by atoms with Crippen molar-refractivity contribution >= 4 is 45.3 Å². The fourth-order valence-corrected chi connectivity index (χ4v) is 3.36. The second-order valence-electron chi connectivity index (χ2n) is 6.96. The Bertz CT molecular complexity index is 1310. The lowest BCUT2D eigenvalue weighted by Gasteiger charge is -2.09. The zero-order valence-electron chi connectivity index (χ0n) is 16.5. The molecule has 0 aliphatic rings. The van der Waals surface area contributed by atoms with E-state index in [0.717, 1.165) is 45.3 Å². The van der Waals surface area contributed by atoms with E-state index in [-0.39, 0.29) is 5.69 Å². The summed E-state index contributed by atoms with van der Waals surface area (Å²) in [4.78, 5) is 24.1. The van der Waals surface area contributed by atoms with Gasteiger partial charge in [-0.15, -0.1) is 0 Å². The molecule has 0 saturated heterocycles. The minimum atomic E-state index is -4.56. The van der Waals surface area contributed by atoms with Gasteiger partial charge in [0.1, 0.15) is 0 Å². The monoisotopic (exact) mass is 435 g/mol. The van der Waals surface area contributed by atoms with Gasteiger partial charge >= 0.3 is 18.0 Å². The molecule has 32 heavy (non-hydrogen) atoms. The number of rotatable bonds is 3. The van der Waals surface area contributed by atoms with Crippen molar-refractivity contribution in [1.82, 2.24) is 5.43 Å². The van der Waals surface area contributed by atoms with Crippen LogP contribution < -0.4 is 10.7 Å². The summed E-state index contributed by atoms with van der Waals surface area (Å²) >= 11 is 0. The maximum Gasteiger partial charge on any atom is 0.416 e. The molecule has 0 radical (unpaired) electrons. The standard InChI is InChI=1S/C24H16F3N3O2/c25-24(26,27)17-8-5-9-18(13-17)29-22(31)23(32)30-28-14-21-19-10-3-1-6-15(19)12-16-7-2-4-11-20(16)21/h1-14H,(H,29,31)(H,30,32). The quantitative estimate of drug-likeness (QED) is 0.203. The first-order valence-electron chi connectivity index (χ1n) is 9.55. The highest BCUT2D eigenvalue weighted by Gasteiger charge is 2.30. The van der Waals surface area contributed by atoms with Crippen LogP contribution in [0.3, 0.4) is 0 Å². The molecule has 0 atom stereocenters. The van der Waals surface area contributed by atoms with Gasteiger partial charge in [-0.25, -0.2) is 5.43 Å². The van der Waals surface area contributed by atoms with E-state index in [1.165, 1.54) is 12.3 Å². The van der Waals surface area contributed by atoms with Crippen LogP contribution in [0.2, 0.25) is 0 Å². The van der Waals surface area contributed by atoms with E-state index < -0.39 is 23.6 Å². The van der Waals surface area contributed by atoms with Gasteiger partial charge in [-0.1, -0.05) is 54.6 Å². The topological polar surface area (TPSA) is 70.6 Å². The second kappa shape index (κ2) is 8.50. The summed E-state index contributed by atoms with van der Waals surface area (Å²) in [6, 6.07) is 21.4. The molecule has 160 valence electrons. The molecular weight excluding hydrogens is 419 g/mol. The van der Waals surface area contributed by atoms with Gasteiger partial charge in [0, 0.05) is 11.3 Å². The number of alkyl halides is 3. The van der Waals surface area contributed by atoms with Crippen molar-refractivity contribution in [3.63, 3.8) is 0 Å². The van der Waals surface area contributed by atoms with Gasteiger partial charge in [-0.3, -0.25) is 9.59 Å². The third-order valence-electron chi connectivity index (χ3n) is 4.83. The molecule has 0 spiro atoms. The Morgan fingerprint density at radius 3 is 2.03 bits per heavy atom. The average molecular weight is 435 g/mol. The lowest BCUT2D eigenvalue weighted by Crippen LogP contribution is -2.32. The van der Waals surface area contributed by atoms with Crippen molar-refractivity contribution < 1.29 is 22.8 Å². The summed E-state index contributed by atoms with van der Waals surface area (Å²) in [7, 11) is 0. The van der Waals surface area contributed by atoms with Crippen LogP contribution in [-0.2, 0) is 15.8 Å². The number of nitrogens with one attached hydrogen (secondary N) is 2. The average Bonchev–Trinajstić information content (AvgIpc) is 2.78. The van der Waals surface area contributed by atoms with Crippen molar-refractivity contribution in [2.45, 2.75) is 6.18 Å². The van der Waals surface area contributed by atoms with Crippen LogP contribution in [0.5, 0.6) is 0 Å². The van der Waals surface area contributed by atoms with Crippen LogP contribution in [0.15, 0.2) is 84.0 Å². The fourth-order valence-electron chi connectivity index (χ4n) is 3.36. The van der Waals surface area contributed by atoms with Crippen LogP contribution in [0.4, 0.5) is 18.9 Å². The Balaban J connectivity index is 1.52. The van der Waals surface area contributed by atoms with Crippen LogP contribution in [0.25, 0.3) is 21.5 Å². The van der Waals surface area contributed by atoms with Crippen LogP contribution >= 0.6 is 0 Å². The molecule has 0 heterocycles. The normalized spacial score (nSPS) is 11.7. The Morgan fingerprint density at radius 1 is 0.781 bits per heavy atom. The zero-order chi connectivity index (χ0) is 22.7. The summed E-state index contributed by atoms with van der Waals surface area (Å²) < 4.78 is 38.4. The van der Waals surface area contributed by atoms with Gasteiger partial charge in [0.15, 0.2) is 0 Å². The van der Waals surface area contributed by atoms with E-state index >= 15 is 0 Å². The first-order chi connectivity index (χ1) is 15.3. The summed E-state index contributed by atoms with van der Waals surface area (Å²) in [6.07, 6.45) is -3.12. The van der Waals surface area contributed by atoms with E-state index in [1.807, 2.05) is 54.6 Å². The molecule has 2 N–H and O–H groups in total. The molecule has 0 aliphatic carbocycles. The number of carbonyl (C=O) groups excluding carboxylic acids is 2. The summed E-state index contributed by atoms with van der Waals surface area (Å²) in [5, 5.41) is 9.84. The Labute approximate surface area is 180 Å². The minimum absolute atomic E-state index is 0.149. The van der Waals surface area contributed by atoms with Gasteiger partial charge in [-0.2, -0.15) is 18.3 Å². The Kier molecular flexibility index (Phi) is 5.59. The number of benzene rings is 4. The SMILES string of the molecule is O=C(NN=Cc1c2ccccc2cc2ccccc12)C(=O)Nc1cccc(C(F)(F)F)c1. The maximum absolute atomic E-state index is 12.8. The maximum atomic E-state index is 12.8. The van der Waals surface area contributed by atoms with Gasteiger partial charge in [0.2, 0.25) is 0 Å². The smallest absolute Gasteiger partial charge is 0.318 e. The number of amides is 2. The highest BCUT2D eigenvalue weighted by molar-refractivity contribution is 6.39. The van der Waals surface area contributed by atoms with E-state index in [4.69, 9.17) is 0 Å². The number of carbonyl (C=O) groups is 2.